The van der Waals surface area contributed by atoms with Crippen molar-refractivity contribution in [3.05, 3.63) is 95.1 Å². The molecule has 0 spiro atoms. The largest absolute Gasteiger partial charge is 0.478 e. The Morgan fingerprint density at radius 2 is 1.66 bits per heavy atom. The minimum absolute atomic E-state index is 0. The summed E-state index contributed by atoms with van der Waals surface area (Å²) in [6.45, 7) is 5.59. The van der Waals surface area contributed by atoms with Crippen LogP contribution in [0.3, 0.4) is 0 Å². The summed E-state index contributed by atoms with van der Waals surface area (Å²) in [7, 11) is 0. The van der Waals surface area contributed by atoms with Crippen LogP contribution < -0.4 is 5.32 Å². The summed E-state index contributed by atoms with van der Waals surface area (Å²) in [5.74, 6) is -0.448. The van der Waals surface area contributed by atoms with Crippen LogP contribution in [0.25, 0.3) is 11.1 Å². The van der Waals surface area contributed by atoms with Crippen LogP contribution in [0.5, 0.6) is 0 Å². The Kier molecular flexibility index (Phi) is 9.92. The fourth-order valence-corrected chi connectivity index (χ4v) is 3.73. The van der Waals surface area contributed by atoms with Crippen molar-refractivity contribution in [3.8, 4) is 11.1 Å². The van der Waals surface area contributed by atoms with Crippen LogP contribution in [0.15, 0.2) is 72.8 Å². The molecule has 5 heteroatoms. The van der Waals surface area contributed by atoms with Gasteiger partial charge in [-0.1, -0.05) is 74.5 Å². The summed E-state index contributed by atoms with van der Waals surface area (Å²) in [5.41, 5.74) is 5.74. The molecule has 0 fully saturated rings. The topological polar surface area (TPSA) is 69.6 Å². The van der Waals surface area contributed by atoms with Crippen molar-refractivity contribution in [2.45, 2.75) is 32.8 Å². The van der Waals surface area contributed by atoms with Gasteiger partial charge in [0.05, 0.1) is 11.7 Å². The van der Waals surface area contributed by atoms with Crippen molar-refractivity contribution >= 4 is 18.4 Å². The lowest BCUT2D eigenvalue weighted by atomic mass is 9.91. The number of aromatic carboxylic acids is 1. The van der Waals surface area contributed by atoms with E-state index >= 15 is 0 Å². The molecule has 0 heterocycles. The second-order valence-corrected chi connectivity index (χ2v) is 8.35. The summed E-state index contributed by atoms with van der Waals surface area (Å²) < 4.78 is 0. The fourth-order valence-electron chi connectivity index (χ4n) is 3.73. The SMILES string of the molecule is CC(C)Cc1cc(C(=O)O)ccc1-c1ccc(CCNC[C@H](O)c2ccccc2)cc1.Cl. The summed E-state index contributed by atoms with van der Waals surface area (Å²) in [6, 6.07) is 23.5. The molecule has 0 aliphatic rings. The minimum atomic E-state index is -0.892. The Hall–Kier alpha value is -2.66. The molecule has 3 aromatic carbocycles. The minimum Gasteiger partial charge on any atom is -0.478 e. The van der Waals surface area contributed by atoms with Gasteiger partial charge < -0.3 is 15.5 Å². The van der Waals surface area contributed by atoms with Gasteiger partial charge in [-0.05, 0) is 65.3 Å². The molecular weight excluding hydrogens is 422 g/mol. The van der Waals surface area contributed by atoms with Gasteiger partial charge >= 0.3 is 5.97 Å². The van der Waals surface area contributed by atoms with Gasteiger partial charge in [0.1, 0.15) is 0 Å². The van der Waals surface area contributed by atoms with Gasteiger partial charge in [0.25, 0.3) is 0 Å². The van der Waals surface area contributed by atoms with E-state index in [9.17, 15) is 15.0 Å². The van der Waals surface area contributed by atoms with Gasteiger partial charge in [-0.2, -0.15) is 0 Å². The second kappa shape index (κ2) is 12.4. The van der Waals surface area contributed by atoms with E-state index in [0.29, 0.717) is 18.0 Å². The number of rotatable bonds is 10. The third-order valence-electron chi connectivity index (χ3n) is 5.36. The zero-order chi connectivity index (χ0) is 22.2. The maximum atomic E-state index is 11.4. The van der Waals surface area contributed by atoms with E-state index in [4.69, 9.17) is 0 Å². The number of hydrogen-bond donors (Lipinski definition) is 3. The number of carboxylic acid groups (broad SMARTS) is 1. The maximum Gasteiger partial charge on any atom is 0.335 e. The summed E-state index contributed by atoms with van der Waals surface area (Å²) in [4.78, 5) is 11.4. The lowest BCUT2D eigenvalue weighted by molar-refractivity contribution is 0.0696. The highest BCUT2D eigenvalue weighted by Gasteiger charge is 2.12. The molecule has 4 nitrogen and oxygen atoms in total. The van der Waals surface area contributed by atoms with E-state index < -0.39 is 12.1 Å². The molecule has 32 heavy (non-hydrogen) atoms. The van der Waals surface area contributed by atoms with Crippen molar-refractivity contribution in [1.82, 2.24) is 5.32 Å². The molecular formula is C27H32ClNO3. The lowest BCUT2D eigenvalue weighted by Crippen LogP contribution is -2.23. The van der Waals surface area contributed by atoms with Crippen LogP contribution >= 0.6 is 12.4 Å². The number of aliphatic hydroxyl groups excluding tert-OH is 1. The normalized spacial score (nSPS) is 11.8. The molecule has 0 saturated heterocycles. The van der Waals surface area contributed by atoms with Gasteiger partial charge in [0.15, 0.2) is 0 Å². The zero-order valence-electron chi connectivity index (χ0n) is 18.6. The average molecular weight is 454 g/mol. The van der Waals surface area contributed by atoms with Crippen molar-refractivity contribution in [2.75, 3.05) is 13.1 Å². The Labute approximate surface area is 196 Å². The Balaban J connectivity index is 0.00000363. The van der Waals surface area contributed by atoms with E-state index in [-0.39, 0.29) is 12.4 Å². The standard InChI is InChI=1S/C27H31NO3.ClH/c1-19(2)16-24-17-23(27(30)31)12-13-25(24)21-10-8-20(9-11-21)14-15-28-18-26(29)22-6-4-3-5-7-22;/h3-13,17,19,26,28-29H,14-16,18H2,1-2H3,(H,30,31);1H/t26-;/m0./s1. The summed E-state index contributed by atoms with van der Waals surface area (Å²) in [6.07, 6.45) is 1.21. The lowest BCUT2D eigenvalue weighted by Gasteiger charge is -2.14. The first-order chi connectivity index (χ1) is 14.9. The predicted molar refractivity (Wildman–Crippen MR) is 133 cm³/mol. The van der Waals surface area contributed by atoms with E-state index in [0.717, 1.165) is 41.6 Å². The number of aliphatic hydroxyl groups is 1. The molecule has 0 aromatic heterocycles. The van der Waals surface area contributed by atoms with Crippen LogP contribution in [-0.4, -0.2) is 29.3 Å². The van der Waals surface area contributed by atoms with Crippen molar-refractivity contribution < 1.29 is 15.0 Å². The van der Waals surface area contributed by atoms with Crippen LogP contribution in [0.1, 0.15) is 47.0 Å². The molecule has 0 saturated carbocycles. The number of hydrogen-bond acceptors (Lipinski definition) is 3. The van der Waals surface area contributed by atoms with Gasteiger partial charge in [-0.15, -0.1) is 12.4 Å². The molecule has 0 unspecified atom stereocenters. The van der Waals surface area contributed by atoms with Crippen LogP contribution in [0, 0.1) is 5.92 Å². The van der Waals surface area contributed by atoms with Crippen molar-refractivity contribution in [2.24, 2.45) is 5.92 Å². The molecule has 0 amide bonds. The Morgan fingerprint density at radius 3 is 2.28 bits per heavy atom. The van der Waals surface area contributed by atoms with Crippen LogP contribution in [0.2, 0.25) is 0 Å². The van der Waals surface area contributed by atoms with E-state index in [2.05, 4.69) is 43.4 Å². The number of carbonyl (C=O) groups is 1. The molecule has 3 rings (SSSR count). The van der Waals surface area contributed by atoms with Crippen LogP contribution in [-0.2, 0) is 12.8 Å². The quantitative estimate of drug-likeness (QED) is 0.352. The fraction of sp³-hybridized carbons (Fsp3) is 0.296. The maximum absolute atomic E-state index is 11.4. The average Bonchev–Trinajstić information content (AvgIpc) is 2.77. The van der Waals surface area contributed by atoms with E-state index in [1.165, 1.54) is 5.56 Å². The van der Waals surface area contributed by atoms with Gasteiger partial charge in [-0.25, -0.2) is 4.79 Å². The molecule has 0 radical (unpaired) electrons. The van der Waals surface area contributed by atoms with Gasteiger partial charge in [-0.3, -0.25) is 0 Å². The third kappa shape index (κ3) is 7.20. The molecule has 1 atom stereocenters. The molecule has 0 aliphatic carbocycles. The smallest absolute Gasteiger partial charge is 0.335 e. The van der Waals surface area contributed by atoms with Crippen LogP contribution in [0.4, 0.5) is 0 Å². The van der Waals surface area contributed by atoms with E-state index in [1.807, 2.05) is 36.4 Å². The first kappa shape index (κ1) is 25.6. The molecule has 3 aromatic rings. The highest BCUT2D eigenvalue weighted by atomic mass is 35.5. The number of nitrogens with one attached hydrogen (secondary N) is 1. The molecule has 170 valence electrons. The first-order valence-corrected chi connectivity index (χ1v) is 10.8. The number of halogens is 1. The number of carboxylic acids is 1. The third-order valence-corrected chi connectivity index (χ3v) is 5.36. The summed E-state index contributed by atoms with van der Waals surface area (Å²) in [5, 5.41) is 22.9. The van der Waals surface area contributed by atoms with Gasteiger partial charge in [0.2, 0.25) is 0 Å². The predicted octanol–water partition coefficient (Wildman–Crippen LogP) is 5.54. The highest BCUT2D eigenvalue weighted by Crippen LogP contribution is 2.27. The Morgan fingerprint density at radius 1 is 0.969 bits per heavy atom. The van der Waals surface area contributed by atoms with E-state index in [1.54, 1.807) is 12.1 Å². The monoisotopic (exact) mass is 453 g/mol. The summed E-state index contributed by atoms with van der Waals surface area (Å²) >= 11 is 0. The highest BCUT2D eigenvalue weighted by molar-refractivity contribution is 5.89. The molecule has 0 aliphatic heterocycles. The van der Waals surface area contributed by atoms with Crippen molar-refractivity contribution in [3.63, 3.8) is 0 Å². The molecule has 3 N–H and O–H groups in total. The van der Waals surface area contributed by atoms with Crippen molar-refractivity contribution in [1.29, 1.82) is 0 Å². The Bertz CT molecular complexity index is 988. The first-order valence-electron chi connectivity index (χ1n) is 10.8. The van der Waals surface area contributed by atoms with Gasteiger partial charge in [0, 0.05) is 6.54 Å². The molecule has 0 bridgehead atoms. The number of benzene rings is 3. The zero-order valence-corrected chi connectivity index (χ0v) is 19.4. The second-order valence-electron chi connectivity index (χ2n) is 8.35.